The number of aryl methyl sites for hydroxylation is 1. The van der Waals surface area contributed by atoms with E-state index in [0.29, 0.717) is 12.0 Å². The van der Waals surface area contributed by atoms with Gasteiger partial charge in [0.05, 0.1) is 11.4 Å². The number of carbonyl (C=O) groups excluding carboxylic acids is 1. The van der Waals surface area contributed by atoms with Crippen LogP contribution in [0, 0.1) is 12.8 Å². The van der Waals surface area contributed by atoms with Crippen LogP contribution in [0.1, 0.15) is 49.3 Å². The molecule has 1 amide bonds. The summed E-state index contributed by atoms with van der Waals surface area (Å²) in [4.78, 5) is 19.1. The minimum absolute atomic E-state index is 0.396. The number of piperidine rings is 1. The highest BCUT2D eigenvalue weighted by atomic mass is 16.5. The van der Waals surface area contributed by atoms with E-state index in [9.17, 15) is 4.79 Å². The Balaban J connectivity index is 1.74. The van der Waals surface area contributed by atoms with E-state index in [1.165, 1.54) is 18.2 Å². The number of nitrogens with zero attached hydrogens (tertiary/aromatic N) is 3. The molecule has 1 aromatic heterocycles. The Morgan fingerprint density at radius 1 is 1.33 bits per heavy atom. The molecule has 6 heteroatoms. The summed E-state index contributed by atoms with van der Waals surface area (Å²) in [7, 11) is 0. The number of amides is 1. The van der Waals surface area contributed by atoms with Crippen molar-refractivity contribution in [3.05, 3.63) is 71.7 Å². The molecule has 1 aromatic carbocycles. The van der Waals surface area contributed by atoms with Crippen molar-refractivity contribution in [1.82, 2.24) is 19.9 Å². The third-order valence-corrected chi connectivity index (χ3v) is 6.66. The van der Waals surface area contributed by atoms with Gasteiger partial charge in [0.25, 0.3) is 5.91 Å². The third-order valence-electron chi connectivity index (χ3n) is 6.66. The molecule has 0 saturated carbocycles. The van der Waals surface area contributed by atoms with Crippen LogP contribution in [0.25, 0.3) is 17.3 Å². The zero-order chi connectivity index (χ0) is 23.2. The minimum Gasteiger partial charge on any atom is -0.323 e. The second-order valence-corrected chi connectivity index (χ2v) is 8.97. The number of likely N-dealkylation sites (tertiary alicyclic amines) is 1. The Bertz CT molecular complexity index is 1070. The normalized spacial score (nSPS) is 21.1. The molecule has 0 radical (unpaired) electrons. The van der Waals surface area contributed by atoms with Gasteiger partial charge in [-0.15, -0.1) is 0 Å². The molecular weight excluding hydrogens is 412 g/mol. The molecule has 1 unspecified atom stereocenters. The van der Waals surface area contributed by atoms with E-state index in [4.69, 9.17) is 10.2 Å². The number of benzene rings is 1. The number of hydrogen-bond donors (Lipinski definition) is 2. The van der Waals surface area contributed by atoms with E-state index >= 15 is 0 Å². The van der Waals surface area contributed by atoms with Crippen molar-refractivity contribution in [2.75, 3.05) is 19.6 Å². The molecule has 1 aliphatic heterocycles. The number of hydroxylamine groups is 1. The van der Waals surface area contributed by atoms with Gasteiger partial charge in [-0.3, -0.25) is 10.0 Å². The van der Waals surface area contributed by atoms with Gasteiger partial charge in [-0.1, -0.05) is 49.4 Å². The van der Waals surface area contributed by atoms with E-state index in [-0.39, 0.29) is 0 Å². The molecule has 2 aliphatic rings. The smallest absolute Gasteiger partial charge is 0.267 e. The first-order chi connectivity index (χ1) is 16.1. The van der Waals surface area contributed by atoms with Gasteiger partial charge >= 0.3 is 0 Å². The molecule has 1 saturated heterocycles. The molecule has 174 valence electrons. The predicted molar refractivity (Wildman–Crippen MR) is 132 cm³/mol. The Hall–Kier alpha value is -2.96. The molecule has 1 fully saturated rings. The SMILES string of the molecule is CCN1CCC[C@@H](n2c(CC3C=CC=CC3)nc(C)c2-c2cccc(/C=C/C(=O)NO)c2)C1. The highest BCUT2D eigenvalue weighted by molar-refractivity contribution is 5.91. The summed E-state index contributed by atoms with van der Waals surface area (Å²) < 4.78 is 2.51. The number of hydrogen-bond acceptors (Lipinski definition) is 4. The molecular formula is C27H34N4O2. The van der Waals surface area contributed by atoms with Crippen molar-refractivity contribution >= 4 is 12.0 Å². The lowest BCUT2D eigenvalue weighted by Gasteiger charge is -2.34. The Labute approximate surface area is 196 Å². The summed E-state index contributed by atoms with van der Waals surface area (Å²) in [5.41, 5.74) is 5.86. The Morgan fingerprint density at radius 2 is 2.21 bits per heavy atom. The number of aromatic nitrogens is 2. The Kier molecular flexibility index (Phi) is 7.57. The van der Waals surface area contributed by atoms with E-state index in [2.05, 4.69) is 59.8 Å². The first kappa shape index (κ1) is 23.2. The fraction of sp³-hybridized carbons (Fsp3) is 0.407. The molecule has 6 nitrogen and oxygen atoms in total. The van der Waals surface area contributed by atoms with Crippen molar-refractivity contribution in [1.29, 1.82) is 0 Å². The van der Waals surface area contributed by atoms with Gasteiger partial charge in [0.2, 0.25) is 0 Å². The molecule has 0 spiro atoms. The van der Waals surface area contributed by atoms with Crippen LogP contribution in [0.4, 0.5) is 0 Å². The number of imidazole rings is 1. The monoisotopic (exact) mass is 446 g/mol. The van der Waals surface area contributed by atoms with Crippen LogP contribution < -0.4 is 5.48 Å². The first-order valence-electron chi connectivity index (χ1n) is 11.9. The molecule has 2 aromatic rings. The summed E-state index contributed by atoms with van der Waals surface area (Å²) >= 11 is 0. The van der Waals surface area contributed by atoms with Crippen LogP contribution in [0.3, 0.4) is 0 Å². The van der Waals surface area contributed by atoms with Crippen molar-refractivity contribution in [2.45, 2.75) is 45.6 Å². The van der Waals surface area contributed by atoms with Crippen molar-refractivity contribution in [3.63, 3.8) is 0 Å². The van der Waals surface area contributed by atoms with Gasteiger partial charge in [0, 0.05) is 30.6 Å². The minimum atomic E-state index is -0.541. The number of likely N-dealkylation sites (N-methyl/N-ethyl adjacent to an activating group) is 1. The molecule has 2 N–H and O–H groups in total. The Morgan fingerprint density at radius 3 is 2.97 bits per heavy atom. The van der Waals surface area contributed by atoms with Gasteiger partial charge in [-0.25, -0.2) is 10.5 Å². The molecule has 33 heavy (non-hydrogen) atoms. The van der Waals surface area contributed by atoms with Crippen LogP contribution in [0.2, 0.25) is 0 Å². The van der Waals surface area contributed by atoms with E-state index < -0.39 is 5.91 Å². The maximum absolute atomic E-state index is 11.4. The van der Waals surface area contributed by atoms with Crippen molar-refractivity contribution in [3.8, 4) is 11.3 Å². The van der Waals surface area contributed by atoms with E-state index in [1.807, 2.05) is 12.1 Å². The second-order valence-electron chi connectivity index (χ2n) is 8.97. The summed E-state index contributed by atoms with van der Waals surface area (Å²) in [6, 6.07) is 8.58. The number of allylic oxidation sites excluding steroid dienone is 4. The maximum Gasteiger partial charge on any atom is 0.267 e. The predicted octanol–water partition coefficient (Wildman–Crippen LogP) is 4.71. The largest absolute Gasteiger partial charge is 0.323 e. The number of carbonyl (C=O) groups is 1. The zero-order valence-corrected chi connectivity index (χ0v) is 19.6. The van der Waals surface area contributed by atoms with Crippen LogP contribution in [-0.2, 0) is 11.2 Å². The number of nitrogens with one attached hydrogen (secondary N) is 1. The molecule has 0 bridgehead atoms. The van der Waals surface area contributed by atoms with Gasteiger partial charge in [-0.05, 0) is 62.9 Å². The summed E-state index contributed by atoms with van der Waals surface area (Å²) in [5.74, 6) is 1.09. The van der Waals surface area contributed by atoms with Gasteiger partial charge in [-0.2, -0.15) is 0 Å². The maximum atomic E-state index is 11.4. The van der Waals surface area contributed by atoms with Crippen LogP contribution in [-0.4, -0.2) is 45.2 Å². The molecule has 2 atom stereocenters. The van der Waals surface area contributed by atoms with Crippen LogP contribution in [0.5, 0.6) is 0 Å². The molecule has 4 rings (SSSR count). The number of rotatable bonds is 7. The third kappa shape index (κ3) is 5.52. The van der Waals surface area contributed by atoms with E-state index in [1.54, 1.807) is 11.6 Å². The molecule has 1 aliphatic carbocycles. The standard InChI is InChI=1S/C27H34N4O2/c1-3-30-16-8-13-24(19-30)31-25(18-21-9-5-4-6-10-21)28-20(2)27(31)23-12-7-11-22(17-23)14-15-26(32)29-33/h4-7,9,11-12,14-15,17,21,24,33H,3,8,10,13,16,18-19H2,1-2H3,(H,29,32)/b15-14+/t21?,24-/m1/s1. The zero-order valence-electron chi connectivity index (χ0n) is 19.6. The van der Waals surface area contributed by atoms with E-state index in [0.717, 1.165) is 61.5 Å². The summed E-state index contributed by atoms with van der Waals surface area (Å²) in [6.07, 6.45) is 16.2. The quantitative estimate of drug-likeness (QED) is 0.367. The average molecular weight is 447 g/mol. The lowest BCUT2D eigenvalue weighted by Crippen LogP contribution is -2.37. The molecule has 2 heterocycles. The average Bonchev–Trinajstić information content (AvgIpc) is 3.18. The van der Waals surface area contributed by atoms with Crippen molar-refractivity contribution < 1.29 is 10.0 Å². The summed E-state index contributed by atoms with van der Waals surface area (Å²) in [6.45, 7) is 7.62. The van der Waals surface area contributed by atoms with Crippen molar-refractivity contribution in [2.24, 2.45) is 5.92 Å². The van der Waals surface area contributed by atoms with Gasteiger partial charge < -0.3 is 9.47 Å². The second kappa shape index (κ2) is 10.8. The van der Waals surface area contributed by atoms with Crippen LogP contribution >= 0.6 is 0 Å². The summed E-state index contributed by atoms with van der Waals surface area (Å²) in [5, 5.41) is 8.77. The van der Waals surface area contributed by atoms with Gasteiger partial charge in [0.1, 0.15) is 5.82 Å². The van der Waals surface area contributed by atoms with Crippen LogP contribution in [0.15, 0.2) is 54.6 Å². The van der Waals surface area contributed by atoms with Gasteiger partial charge in [0.15, 0.2) is 0 Å². The lowest BCUT2D eigenvalue weighted by atomic mass is 9.96. The highest BCUT2D eigenvalue weighted by Gasteiger charge is 2.27. The topological polar surface area (TPSA) is 70.4 Å². The first-order valence-corrected chi connectivity index (χ1v) is 11.9. The lowest BCUT2D eigenvalue weighted by molar-refractivity contribution is -0.124. The highest BCUT2D eigenvalue weighted by Crippen LogP contribution is 2.34. The fourth-order valence-electron chi connectivity index (χ4n) is 5.03. The fourth-order valence-corrected chi connectivity index (χ4v) is 5.03.